The minimum atomic E-state index is -0.162. The third-order valence-corrected chi connectivity index (χ3v) is 2.68. The molecule has 1 heterocycles. The molecule has 1 amide bonds. The van der Waals surface area contributed by atoms with E-state index in [9.17, 15) is 4.79 Å². The Bertz CT molecular complexity index is 343. The van der Waals surface area contributed by atoms with Crippen LogP contribution < -0.4 is 10.6 Å². The number of pyridine rings is 1. The summed E-state index contributed by atoms with van der Waals surface area (Å²) in [6.07, 6.45) is 1.60. The van der Waals surface area contributed by atoms with Gasteiger partial charge in [-0.2, -0.15) is 0 Å². The predicted molar refractivity (Wildman–Crippen MR) is 62.8 cm³/mol. The Morgan fingerprint density at radius 1 is 1.67 bits per heavy atom. The Hall–Kier alpha value is -0.940. The number of likely N-dealkylation sites (N-methyl/N-ethyl adjacent to an activating group) is 1. The van der Waals surface area contributed by atoms with Gasteiger partial charge in [0.25, 0.3) is 5.91 Å². The molecule has 1 unspecified atom stereocenters. The lowest BCUT2D eigenvalue weighted by Crippen LogP contribution is -2.37. The first-order chi connectivity index (χ1) is 7.15. The van der Waals surface area contributed by atoms with E-state index >= 15 is 0 Å². The molecule has 0 saturated carbocycles. The Morgan fingerprint density at radius 3 is 3.00 bits per heavy atom. The van der Waals surface area contributed by atoms with Gasteiger partial charge >= 0.3 is 0 Å². The topological polar surface area (TPSA) is 54.0 Å². The van der Waals surface area contributed by atoms with Crippen molar-refractivity contribution in [1.29, 1.82) is 0 Å². The average Bonchev–Trinajstić information content (AvgIpc) is 2.26. The summed E-state index contributed by atoms with van der Waals surface area (Å²) >= 11 is 3.28. The molecule has 0 aromatic carbocycles. The highest BCUT2D eigenvalue weighted by Crippen LogP contribution is 2.12. The fourth-order valence-corrected chi connectivity index (χ4v) is 1.42. The zero-order valence-electron chi connectivity index (χ0n) is 8.75. The van der Waals surface area contributed by atoms with Crippen molar-refractivity contribution in [2.45, 2.75) is 13.0 Å². The van der Waals surface area contributed by atoms with Crippen LogP contribution in [0.1, 0.15) is 17.4 Å². The second-order valence-corrected chi connectivity index (χ2v) is 4.09. The molecule has 1 aromatic heterocycles. The molecule has 0 aliphatic carbocycles. The maximum absolute atomic E-state index is 11.7. The average molecular weight is 272 g/mol. The molecule has 1 rings (SSSR count). The number of carbonyl (C=O) groups is 1. The van der Waals surface area contributed by atoms with Crippen molar-refractivity contribution in [3.8, 4) is 0 Å². The van der Waals surface area contributed by atoms with Gasteiger partial charge < -0.3 is 10.6 Å². The molecule has 82 valence electrons. The van der Waals surface area contributed by atoms with Gasteiger partial charge in [-0.25, -0.2) is 4.98 Å². The minimum absolute atomic E-state index is 0.162. The SMILES string of the molecule is CNC(C)CNC(=O)c1ncccc1Br. The van der Waals surface area contributed by atoms with Gasteiger partial charge in [-0.3, -0.25) is 4.79 Å². The summed E-state index contributed by atoms with van der Waals surface area (Å²) in [5.41, 5.74) is 0.417. The lowest BCUT2D eigenvalue weighted by Gasteiger charge is -2.11. The van der Waals surface area contributed by atoms with Gasteiger partial charge in [-0.05, 0) is 42.0 Å². The highest BCUT2D eigenvalue weighted by molar-refractivity contribution is 9.10. The molecule has 0 spiro atoms. The van der Waals surface area contributed by atoms with Crippen molar-refractivity contribution < 1.29 is 4.79 Å². The lowest BCUT2D eigenvalue weighted by atomic mass is 10.3. The molecule has 0 aliphatic heterocycles. The number of hydrogen-bond donors (Lipinski definition) is 2. The van der Waals surface area contributed by atoms with Gasteiger partial charge in [0.1, 0.15) is 5.69 Å². The van der Waals surface area contributed by atoms with Crippen molar-refractivity contribution in [2.75, 3.05) is 13.6 Å². The third kappa shape index (κ3) is 3.60. The zero-order chi connectivity index (χ0) is 11.3. The van der Waals surface area contributed by atoms with Gasteiger partial charge in [-0.15, -0.1) is 0 Å². The molecule has 5 heteroatoms. The number of amides is 1. The van der Waals surface area contributed by atoms with E-state index in [1.54, 1.807) is 18.3 Å². The normalized spacial score (nSPS) is 12.2. The summed E-state index contributed by atoms with van der Waals surface area (Å²) in [5, 5.41) is 5.84. The lowest BCUT2D eigenvalue weighted by molar-refractivity contribution is 0.0944. The van der Waals surface area contributed by atoms with Crippen LogP contribution in [0.3, 0.4) is 0 Å². The van der Waals surface area contributed by atoms with E-state index in [-0.39, 0.29) is 11.9 Å². The van der Waals surface area contributed by atoms with Gasteiger partial charge in [0.2, 0.25) is 0 Å². The van der Waals surface area contributed by atoms with E-state index in [4.69, 9.17) is 0 Å². The maximum atomic E-state index is 11.7. The summed E-state index contributed by atoms with van der Waals surface area (Å²) < 4.78 is 0.708. The van der Waals surface area contributed by atoms with Crippen molar-refractivity contribution in [2.24, 2.45) is 0 Å². The summed E-state index contributed by atoms with van der Waals surface area (Å²) in [6, 6.07) is 3.82. The molecule has 0 saturated heterocycles. The van der Waals surface area contributed by atoms with Crippen LogP contribution in [0.4, 0.5) is 0 Å². The van der Waals surface area contributed by atoms with Crippen LogP contribution in [0.15, 0.2) is 22.8 Å². The molecule has 1 atom stereocenters. The zero-order valence-corrected chi connectivity index (χ0v) is 10.3. The summed E-state index contributed by atoms with van der Waals surface area (Å²) in [6.45, 7) is 2.58. The number of carbonyl (C=O) groups excluding carboxylic acids is 1. The number of nitrogens with zero attached hydrogens (tertiary/aromatic N) is 1. The van der Waals surface area contributed by atoms with E-state index in [1.807, 2.05) is 14.0 Å². The quantitative estimate of drug-likeness (QED) is 0.865. The van der Waals surface area contributed by atoms with Crippen molar-refractivity contribution in [3.05, 3.63) is 28.5 Å². The smallest absolute Gasteiger partial charge is 0.271 e. The van der Waals surface area contributed by atoms with E-state index in [0.717, 1.165) is 0 Å². The first kappa shape index (κ1) is 12.1. The molecular formula is C10H14BrN3O. The van der Waals surface area contributed by atoms with Crippen LogP contribution >= 0.6 is 15.9 Å². The molecule has 0 fully saturated rings. The van der Waals surface area contributed by atoms with Crippen LogP contribution in [-0.4, -0.2) is 30.5 Å². The first-order valence-corrected chi connectivity index (χ1v) is 5.50. The largest absolute Gasteiger partial charge is 0.349 e. The number of hydrogen-bond acceptors (Lipinski definition) is 3. The monoisotopic (exact) mass is 271 g/mol. The van der Waals surface area contributed by atoms with Gasteiger partial charge in [0.05, 0.1) is 0 Å². The van der Waals surface area contributed by atoms with Crippen molar-refractivity contribution in [1.82, 2.24) is 15.6 Å². The number of halogens is 1. The van der Waals surface area contributed by atoms with Crippen molar-refractivity contribution >= 4 is 21.8 Å². The Kier molecular flexibility index (Phi) is 4.71. The molecular weight excluding hydrogens is 258 g/mol. The molecule has 0 aliphatic rings. The standard InChI is InChI=1S/C10H14BrN3O/c1-7(12-2)6-14-10(15)9-8(11)4-3-5-13-9/h3-5,7,12H,6H2,1-2H3,(H,14,15). The highest BCUT2D eigenvalue weighted by Gasteiger charge is 2.10. The van der Waals surface area contributed by atoms with Gasteiger partial charge in [0, 0.05) is 23.3 Å². The second-order valence-electron chi connectivity index (χ2n) is 3.23. The molecule has 1 aromatic rings. The fraction of sp³-hybridized carbons (Fsp3) is 0.400. The Balaban J connectivity index is 2.58. The molecule has 0 radical (unpaired) electrons. The number of rotatable bonds is 4. The molecule has 2 N–H and O–H groups in total. The summed E-state index contributed by atoms with van der Waals surface area (Å²) in [7, 11) is 1.85. The number of aromatic nitrogens is 1. The van der Waals surface area contributed by atoms with Crippen LogP contribution in [0, 0.1) is 0 Å². The van der Waals surface area contributed by atoms with Crippen LogP contribution in [-0.2, 0) is 0 Å². The van der Waals surface area contributed by atoms with Crippen molar-refractivity contribution in [3.63, 3.8) is 0 Å². The third-order valence-electron chi connectivity index (χ3n) is 2.04. The molecule has 4 nitrogen and oxygen atoms in total. The van der Waals surface area contributed by atoms with Gasteiger partial charge in [-0.1, -0.05) is 0 Å². The van der Waals surface area contributed by atoms with E-state index in [2.05, 4.69) is 31.5 Å². The minimum Gasteiger partial charge on any atom is -0.349 e. The van der Waals surface area contributed by atoms with Crippen LogP contribution in [0.5, 0.6) is 0 Å². The Labute approximate surface area is 97.6 Å². The molecule has 15 heavy (non-hydrogen) atoms. The van der Waals surface area contributed by atoms with Gasteiger partial charge in [0.15, 0.2) is 0 Å². The van der Waals surface area contributed by atoms with Crippen LogP contribution in [0.25, 0.3) is 0 Å². The van der Waals surface area contributed by atoms with E-state index in [0.29, 0.717) is 16.7 Å². The molecule has 0 bridgehead atoms. The highest BCUT2D eigenvalue weighted by atomic mass is 79.9. The maximum Gasteiger partial charge on any atom is 0.271 e. The van der Waals surface area contributed by atoms with E-state index in [1.165, 1.54) is 0 Å². The van der Waals surface area contributed by atoms with Crippen LogP contribution in [0.2, 0.25) is 0 Å². The number of nitrogens with one attached hydrogen (secondary N) is 2. The van der Waals surface area contributed by atoms with E-state index < -0.39 is 0 Å². The first-order valence-electron chi connectivity index (χ1n) is 4.71. The predicted octanol–water partition coefficient (Wildman–Crippen LogP) is 1.18. The Morgan fingerprint density at radius 2 is 2.40 bits per heavy atom. The summed E-state index contributed by atoms with van der Waals surface area (Å²) in [4.78, 5) is 15.7. The summed E-state index contributed by atoms with van der Waals surface area (Å²) in [5.74, 6) is -0.162. The fourth-order valence-electron chi connectivity index (χ4n) is 0.984. The second kappa shape index (κ2) is 5.82.